The Morgan fingerprint density at radius 1 is 1.18 bits per heavy atom. The normalized spacial score (nSPS) is 25.2. The monoisotopic (exact) mass is 230 g/mol. The van der Waals surface area contributed by atoms with Crippen LogP contribution in [0.25, 0.3) is 0 Å². The van der Waals surface area contributed by atoms with Crippen molar-refractivity contribution in [1.29, 1.82) is 0 Å². The first kappa shape index (κ1) is 11.2. The van der Waals surface area contributed by atoms with E-state index in [0.717, 1.165) is 19.1 Å². The number of rotatable bonds is 2. The van der Waals surface area contributed by atoms with Crippen LogP contribution >= 0.6 is 0 Å². The van der Waals surface area contributed by atoms with Gasteiger partial charge in [-0.15, -0.1) is 0 Å². The third-order valence-corrected chi connectivity index (χ3v) is 4.46. The molecular weight excluding hydrogens is 208 g/mol. The van der Waals surface area contributed by atoms with Crippen LogP contribution < -0.4 is 5.32 Å². The Hall–Kier alpha value is -0.860. The first-order valence-electron chi connectivity index (χ1n) is 6.87. The molecule has 1 N–H and O–H groups in total. The molecule has 1 aliphatic carbocycles. The molecular formula is C15H22N2. The quantitative estimate of drug-likeness (QED) is 0.840. The number of likely N-dealkylation sites (N-methyl/N-ethyl adjacent to an activating group) is 1. The highest BCUT2D eigenvalue weighted by Crippen LogP contribution is 2.32. The number of nitrogens with zero attached hydrogens (tertiary/aromatic N) is 1. The fraction of sp³-hybridized carbons (Fsp3) is 0.600. The summed E-state index contributed by atoms with van der Waals surface area (Å²) in [5.41, 5.74) is 3.02. The average molecular weight is 230 g/mol. The molecule has 1 saturated carbocycles. The van der Waals surface area contributed by atoms with Crippen LogP contribution in [0.1, 0.15) is 42.9 Å². The van der Waals surface area contributed by atoms with Crippen molar-refractivity contribution in [2.45, 2.75) is 44.3 Å². The van der Waals surface area contributed by atoms with Crippen molar-refractivity contribution in [3.05, 3.63) is 35.4 Å². The summed E-state index contributed by atoms with van der Waals surface area (Å²) in [7, 11) is 2.31. The summed E-state index contributed by atoms with van der Waals surface area (Å²) in [6, 6.07) is 10.3. The Kier molecular flexibility index (Phi) is 3.17. The summed E-state index contributed by atoms with van der Waals surface area (Å²) in [5, 5.41) is 3.55. The van der Waals surface area contributed by atoms with Crippen LogP contribution in [0.3, 0.4) is 0 Å². The maximum Gasteiger partial charge on any atom is 0.0475 e. The van der Waals surface area contributed by atoms with Gasteiger partial charge >= 0.3 is 0 Å². The SMILES string of the molecule is CN(C1CCCC1)C1CNCc2ccccc21. The average Bonchev–Trinajstić information content (AvgIpc) is 2.91. The highest BCUT2D eigenvalue weighted by Gasteiger charge is 2.29. The van der Waals surface area contributed by atoms with Gasteiger partial charge in [0, 0.05) is 25.2 Å². The maximum atomic E-state index is 3.55. The van der Waals surface area contributed by atoms with Crippen molar-refractivity contribution in [2.75, 3.05) is 13.6 Å². The van der Waals surface area contributed by atoms with Gasteiger partial charge in [0.25, 0.3) is 0 Å². The molecule has 0 saturated heterocycles. The Morgan fingerprint density at radius 2 is 1.94 bits per heavy atom. The van der Waals surface area contributed by atoms with E-state index >= 15 is 0 Å². The molecule has 1 fully saturated rings. The zero-order valence-electron chi connectivity index (χ0n) is 10.7. The lowest BCUT2D eigenvalue weighted by atomic mass is 9.94. The molecule has 1 heterocycles. The first-order valence-corrected chi connectivity index (χ1v) is 6.87. The van der Waals surface area contributed by atoms with Crippen molar-refractivity contribution in [3.8, 4) is 0 Å². The van der Waals surface area contributed by atoms with E-state index in [1.165, 1.54) is 31.2 Å². The number of fused-ring (bicyclic) bond motifs is 1. The molecule has 1 atom stereocenters. The van der Waals surface area contributed by atoms with Crippen molar-refractivity contribution in [1.82, 2.24) is 10.2 Å². The third kappa shape index (κ3) is 2.12. The molecule has 2 heteroatoms. The summed E-state index contributed by atoms with van der Waals surface area (Å²) in [4.78, 5) is 2.61. The largest absolute Gasteiger partial charge is 0.311 e. The topological polar surface area (TPSA) is 15.3 Å². The fourth-order valence-electron chi connectivity index (χ4n) is 3.40. The van der Waals surface area contributed by atoms with E-state index in [1.807, 2.05) is 0 Å². The van der Waals surface area contributed by atoms with Gasteiger partial charge in [0.05, 0.1) is 0 Å². The van der Waals surface area contributed by atoms with Crippen molar-refractivity contribution in [2.24, 2.45) is 0 Å². The molecule has 1 aromatic carbocycles. The smallest absolute Gasteiger partial charge is 0.0475 e. The van der Waals surface area contributed by atoms with E-state index in [4.69, 9.17) is 0 Å². The van der Waals surface area contributed by atoms with Crippen LogP contribution in [0.2, 0.25) is 0 Å². The zero-order valence-corrected chi connectivity index (χ0v) is 10.7. The van der Waals surface area contributed by atoms with Gasteiger partial charge < -0.3 is 5.32 Å². The van der Waals surface area contributed by atoms with Gasteiger partial charge in [-0.1, -0.05) is 37.1 Å². The number of benzene rings is 1. The van der Waals surface area contributed by atoms with Crippen molar-refractivity contribution >= 4 is 0 Å². The summed E-state index contributed by atoms with van der Waals surface area (Å²) in [6.07, 6.45) is 5.60. The molecule has 2 aliphatic rings. The Balaban J connectivity index is 1.84. The molecule has 1 aliphatic heterocycles. The molecule has 17 heavy (non-hydrogen) atoms. The Labute approximate surface area is 104 Å². The lowest BCUT2D eigenvalue weighted by Crippen LogP contribution is -2.41. The molecule has 2 nitrogen and oxygen atoms in total. The van der Waals surface area contributed by atoms with Gasteiger partial charge in [0.1, 0.15) is 0 Å². The molecule has 0 bridgehead atoms. The number of hydrogen-bond donors (Lipinski definition) is 1. The molecule has 1 unspecified atom stereocenters. The van der Waals surface area contributed by atoms with Gasteiger partial charge in [-0.2, -0.15) is 0 Å². The van der Waals surface area contributed by atoms with Gasteiger partial charge in [-0.25, -0.2) is 0 Å². The highest BCUT2D eigenvalue weighted by atomic mass is 15.2. The molecule has 1 aromatic rings. The highest BCUT2D eigenvalue weighted by molar-refractivity contribution is 5.32. The summed E-state index contributed by atoms with van der Waals surface area (Å²) in [6.45, 7) is 2.13. The van der Waals surface area contributed by atoms with Crippen LogP contribution in [0.15, 0.2) is 24.3 Å². The van der Waals surface area contributed by atoms with Crippen LogP contribution in [0.5, 0.6) is 0 Å². The Bertz CT molecular complexity index is 382. The minimum Gasteiger partial charge on any atom is -0.311 e. The lowest BCUT2D eigenvalue weighted by Gasteiger charge is -2.37. The second-order valence-electron chi connectivity index (χ2n) is 5.45. The summed E-state index contributed by atoms with van der Waals surface area (Å²) >= 11 is 0. The minimum atomic E-state index is 0.572. The van der Waals surface area contributed by atoms with Crippen molar-refractivity contribution in [3.63, 3.8) is 0 Å². The predicted molar refractivity (Wildman–Crippen MR) is 70.9 cm³/mol. The maximum absolute atomic E-state index is 3.55. The van der Waals surface area contributed by atoms with E-state index in [2.05, 4.69) is 41.5 Å². The van der Waals surface area contributed by atoms with Gasteiger partial charge in [0.15, 0.2) is 0 Å². The first-order chi connectivity index (χ1) is 8.36. The molecule has 92 valence electrons. The second kappa shape index (κ2) is 4.79. The van der Waals surface area contributed by atoms with Crippen LogP contribution in [-0.4, -0.2) is 24.5 Å². The molecule has 3 rings (SSSR count). The molecule has 0 spiro atoms. The van der Waals surface area contributed by atoms with E-state index in [9.17, 15) is 0 Å². The summed E-state index contributed by atoms with van der Waals surface area (Å²) in [5.74, 6) is 0. The third-order valence-electron chi connectivity index (χ3n) is 4.46. The fourth-order valence-corrected chi connectivity index (χ4v) is 3.40. The van der Waals surface area contributed by atoms with E-state index in [0.29, 0.717) is 6.04 Å². The predicted octanol–water partition coefficient (Wildman–Crippen LogP) is 2.71. The zero-order chi connectivity index (χ0) is 11.7. The van der Waals surface area contributed by atoms with Crippen LogP contribution in [0, 0.1) is 0 Å². The lowest BCUT2D eigenvalue weighted by molar-refractivity contribution is 0.165. The molecule has 0 radical (unpaired) electrons. The van der Waals surface area contributed by atoms with E-state index < -0.39 is 0 Å². The van der Waals surface area contributed by atoms with Gasteiger partial charge in [-0.3, -0.25) is 4.90 Å². The van der Waals surface area contributed by atoms with Gasteiger partial charge in [-0.05, 0) is 31.0 Å². The second-order valence-corrected chi connectivity index (χ2v) is 5.45. The molecule has 0 amide bonds. The van der Waals surface area contributed by atoms with E-state index in [1.54, 1.807) is 5.56 Å². The minimum absolute atomic E-state index is 0.572. The van der Waals surface area contributed by atoms with Crippen LogP contribution in [-0.2, 0) is 6.54 Å². The standard InChI is InChI=1S/C15H22N2/c1-17(13-7-3-4-8-13)15-11-16-10-12-6-2-5-9-14(12)15/h2,5-6,9,13,15-16H,3-4,7-8,10-11H2,1H3. The molecule has 0 aromatic heterocycles. The Morgan fingerprint density at radius 3 is 2.76 bits per heavy atom. The van der Waals surface area contributed by atoms with Crippen LogP contribution in [0.4, 0.5) is 0 Å². The van der Waals surface area contributed by atoms with E-state index in [-0.39, 0.29) is 0 Å². The number of hydrogen-bond acceptors (Lipinski definition) is 2. The number of nitrogens with one attached hydrogen (secondary N) is 1. The van der Waals surface area contributed by atoms with Gasteiger partial charge in [0.2, 0.25) is 0 Å². The summed E-state index contributed by atoms with van der Waals surface area (Å²) < 4.78 is 0. The van der Waals surface area contributed by atoms with Crippen molar-refractivity contribution < 1.29 is 0 Å².